The predicted molar refractivity (Wildman–Crippen MR) is 228 cm³/mol. The Bertz CT molecular complexity index is 2530. The van der Waals surface area contributed by atoms with Crippen molar-refractivity contribution in [1.29, 1.82) is 0 Å². The second-order valence-electron chi connectivity index (χ2n) is 14.5. The largest absolute Gasteiger partial charge is 0.310 e. The van der Waals surface area contributed by atoms with E-state index >= 15 is 0 Å². The minimum Gasteiger partial charge on any atom is -0.310 e. The van der Waals surface area contributed by atoms with E-state index in [1.54, 1.807) is 0 Å². The number of rotatable bonds is 8. The van der Waals surface area contributed by atoms with Gasteiger partial charge in [-0.05, 0) is 103 Å². The Hall–Kier alpha value is -6.70. The average Bonchev–Trinajstić information content (AvgIpc) is 3.47. The standard InChI is InChI=1S/C53H41N/c1-53(2)49-26-16-15-25-47(49)48-36-35-46(37-50(48)53)54(44-23-13-6-14-24-44)45-33-31-39(32-34-45)38-27-29-43(30-28-38)52(42-21-11-5-12-22-42)51(40-17-7-3-8-18-40)41-19-9-4-10-20-41/h3-37H,1-2H3. The highest BCUT2D eigenvalue weighted by molar-refractivity contribution is 6.04. The number of fused-ring (bicyclic) bond motifs is 3. The Kier molecular flexibility index (Phi) is 8.61. The van der Waals surface area contributed by atoms with Crippen LogP contribution in [0.2, 0.25) is 0 Å². The SMILES string of the molecule is CC1(C)c2ccccc2-c2ccc(N(c3ccccc3)c3ccc(-c4ccc(C(=C(c5ccccc5)c5ccccc5)c5ccccc5)cc4)cc3)cc21. The molecule has 0 aliphatic heterocycles. The molecule has 1 aliphatic carbocycles. The van der Waals surface area contributed by atoms with Crippen molar-refractivity contribution in [2.45, 2.75) is 19.3 Å². The summed E-state index contributed by atoms with van der Waals surface area (Å²) in [6.07, 6.45) is 0. The van der Waals surface area contributed by atoms with Crippen molar-refractivity contribution in [1.82, 2.24) is 0 Å². The van der Waals surface area contributed by atoms with Crippen LogP contribution in [0.4, 0.5) is 17.1 Å². The number of benzene rings is 8. The first-order chi connectivity index (χ1) is 26.6. The van der Waals surface area contributed by atoms with Crippen LogP contribution in [0.25, 0.3) is 33.4 Å². The third-order valence-corrected chi connectivity index (χ3v) is 10.9. The molecule has 0 saturated heterocycles. The Labute approximate surface area is 319 Å². The summed E-state index contributed by atoms with van der Waals surface area (Å²) in [5.41, 5.74) is 18.3. The molecule has 0 fully saturated rings. The Morgan fingerprint density at radius 2 is 0.722 bits per heavy atom. The quantitative estimate of drug-likeness (QED) is 0.143. The monoisotopic (exact) mass is 691 g/mol. The number of hydrogen-bond acceptors (Lipinski definition) is 1. The first-order valence-electron chi connectivity index (χ1n) is 18.8. The van der Waals surface area contributed by atoms with Gasteiger partial charge in [0, 0.05) is 22.5 Å². The van der Waals surface area contributed by atoms with Gasteiger partial charge in [-0.1, -0.05) is 190 Å². The molecule has 258 valence electrons. The highest BCUT2D eigenvalue weighted by Gasteiger charge is 2.35. The van der Waals surface area contributed by atoms with Crippen LogP contribution < -0.4 is 4.90 Å². The fourth-order valence-corrected chi connectivity index (χ4v) is 8.21. The smallest absolute Gasteiger partial charge is 0.0465 e. The molecule has 54 heavy (non-hydrogen) atoms. The molecule has 0 radical (unpaired) electrons. The molecule has 0 bridgehead atoms. The van der Waals surface area contributed by atoms with E-state index in [2.05, 4.69) is 231 Å². The van der Waals surface area contributed by atoms with E-state index in [1.165, 1.54) is 66.8 Å². The van der Waals surface area contributed by atoms with E-state index < -0.39 is 0 Å². The number of hydrogen-bond donors (Lipinski definition) is 0. The lowest BCUT2D eigenvalue weighted by molar-refractivity contribution is 0.660. The van der Waals surface area contributed by atoms with Gasteiger partial charge < -0.3 is 4.90 Å². The lowest BCUT2D eigenvalue weighted by atomic mass is 9.82. The van der Waals surface area contributed by atoms with Gasteiger partial charge in [-0.25, -0.2) is 0 Å². The fourth-order valence-electron chi connectivity index (χ4n) is 8.21. The zero-order valence-corrected chi connectivity index (χ0v) is 30.7. The van der Waals surface area contributed by atoms with Gasteiger partial charge in [-0.15, -0.1) is 0 Å². The van der Waals surface area contributed by atoms with Crippen LogP contribution >= 0.6 is 0 Å². The molecule has 0 atom stereocenters. The lowest BCUT2D eigenvalue weighted by Crippen LogP contribution is -2.16. The van der Waals surface area contributed by atoms with Crippen molar-refractivity contribution in [2.75, 3.05) is 4.90 Å². The van der Waals surface area contributed by atoms with Crippen molar-refractivity contribution in [2.24, 2.45) is 0 Å². The molecule has 0 spiro atoms. The van der Waals surface area contributed by atoms with Crippen molar-refractivity contribution in [3.05, 3.63) is 246 Å². The first-order valence-corrected chi connectivity index (χ1v) is 18.8. The van der Waals surface area contributed by atoms with Crippen LogP contribution in [-0.4, -0.2) is 0 Å². The third kappa shape index (κ3) is 6.04. The van der Waals surface area contributed by atoms with Crippen LogP contribution in [0.1, 0.15) is 47.2 Å². The molecule has 1 aliphatic rings. The van der Waals surface area contributed by atoms with Crippen LogP contribution in [0.3, 0.4) is 0 Å². The molecule has 8 aromatic rings. The molecule has 0 heterocycles. The summed E-state index contributed by atoms with van der Waals surface area (Å²) in [6.45, 7) is 4.69. The van der Waals surface area contributed by atoms with Crippen molar-refractivity contribution in [3.8, 4) is 22.3 Å². The molecule has 0 N–H and O–H groups in total. The van der Waals surface area contributed by atoms with Gasteiger partial charge >= 0.3 is 0 Å². The van der Waals surface area contributed by atoms with E-state index in [0.717, 1.165) is 17.1 Å². The molecule has 0 amide bonds. The van der Waals surface area contributed by atoms with E-state index in [0.29, 0.717) is 0 Å². The highest BCUT2D eigenvalue weighted by Crippen LogP contribution is 2.50. The predicted octanol–water partition coefficient (Wildman–Crippen LogP) is 14.1. The molecular formula is C53H41N. The summed E-state index contributed by atoms with van der Waals surface area (Å²) in [6, 6.07) is 76.8. The van der Waals surface area contributed by atoms with Crippen LogP contribution in [0, 0.1) is 0 Å². The summed E-state index contributed by atoms with van der Waals surface area (Å²) < 4.78 is 0. The highest BCUT2D eigenvalue weighted by atomic mass is 15.1. The molecule has 0 aromatic heterocycles. The molecule has 0 saturated carbocycles. The fraction of sp³-hybridized carbons (Fsp3) is 0.0566. The Morgan fingerprint density at radius 1 is 0.333 bits per heavy atom. The van der Waals surface area contributed by atoms with Gasteiger partial charge in [0.1, 0.15) is 0 Å². The van der Waals surface area contributed by atoms with Gasteiger partial charge in [-0.3, -0.25) is 0 Å². The van der Waals surface area contributed by atoms with Crippen molar-refractivity contribution < 1.29 is 0 Å². The van der Waals surface area contributed by atoms with E-state index in [9.17, 15) is 0 Å². The molecular weight excluding hydrogens is 651 g/mol. The van der Waals surface area contributed by atoms with E-state index in [4.69, 9.17) is 0 Å². The van der Waals surface area contributed by atoms with Crippen LogP contribution in [-0.2, 0) is 5.41 Å². The van der Waals surface area contributed by atoms with Crippen molar-refractivity contribution in [3.63, 3.8) is 0 Å². The minimum absolute atomic E-state index is 0.0706. The van der Waals surface area contributed by atoms with E-state index in [1.807, 2.05) is 0 Å². The average molecular weight is 692 g/mol. The summed E-state index contributed by atoms with van der Waals surface area (Å²) in [5.74, 6) is 0. The zero-order chi connectivity index (χ0) is 36.5. The maximum absolute atomic E-state index is 2.39. The van der Waals surface area contributed by atoms with Gasteiger partial charge in [0.05, 0.1) is 0 Å². The Morgan fingerprint density at radius 3 is 1.26 bits per heavy atom. The lowest BCUT2D eigenvalue weighted by Gasteiger charge is -2.28. The van der Waals surface area contributed by atoms with Gasteiger partial charge in [0.25, 0.3) is 0 Å². The van der Waals surface area contributed by atoms with Gasteiger partial charge in [-0.2, -0.15) is 0 Å². The molecule has 1 heteroatoms. The minimum atomic E-state index is -0.0706. The first kappa shape index (κ1) is 33.2. The second-order valence-corrected chi connectivity index (χ2v) is 14.5. The normalized spacial score (nSPS) is 12.4. The van der Waals surface area contributed by atoms with Gasteiger partial charge in [0.15, 0.2) is 0 Å². The summed E-state index contributed by atoms with van der Waals surface area (Å²) in [7, 11) is 0. The molecule has 0 unspecified atom stereocenters. The van der Waals surface area contributed by atoms with E-state index in [-0.39, 0.29) is 5.41 Å². The Balaban J connectivity index is 1.09. The summed E-state index contributed by atoms with van der Waals surface area (Å²) >= 11 is 0. The van der Waals surface area contributed by atoms with Crippen LogP contribution in [0.15, 0.2) is 212 Å². The number of anilines is 3. The maximum atomic E-state index is 2.39. The molecule has 9 rings (SSSR count). The second kappa shape index (κ2) is 14.0. The van der Waals surface area contributed by atoms with Gasteiger partial charge in [0.2, 0.25) is 0 Å². The molecule has 1 nitrogen and oxygen atoms in total. The van der Waals surface area contributed by atoms with Crippen molar-refractivity contribution >= 4 is 28.2 Å². The molecule has 8 aromatic carbocycles. The number of para-hydroxylation sites is 1. The summed E-state index contributed by atoms with van der Waals surface area (Å²) in [5, 5.41) is 0. The topological polar surface area (TPSA) is 3.24 Å². The summed E-state index contributed by atoms with van der Waals surface area (Å²) in [4.78, 5) is 2.37. The maximum Gasteiger partial charge on any atom is 0.0465 e. The van der Waals surface area contributed by atoms with Crippen LogP contribution in [0.5, 0.6) is 0 Å². The third-order valence-electron chi connectivity index (χ3n) is 10.9. The zero-order valence-electron chi connectivity index (χ0n) is 30.7. The number of nitrogens with zero attached hydrogens (tertiary/aromatic N) is 1.